The van der Waals surface area contributed by atoms with Crippen LogP contribution in [0.4, 0.5) is 0 Å². The van der Waals surface area contributed by atoms with Crippen LogP contribution in [0, 0.1) is 0 Å². The quantitative estimate of drug-likeness (QED) is 0.694. The van der Waals surface area contributed by atoms with Crippen LogP contribution in [0.1, 0.15) is 68.0 Å². The Balaban J connectivity index is 2.45. The van der Waals surface area contributed by atoms with Crippen LogP contribution in [-0.2, 0) is 16.1 Å². The number of rotatable bonds is 5. The maximum absolute atomic E-state index is 12.9. The molecular weight excluding hydrogens is 376 g/mol. The van der Waals surface area contributed by atoms with E-state index >= 15 is 0 Å². The molecule has 0 aliphatic heterocycles. The minimum Gasteiger partial charge on any atom is -0.481 e. The van der Waals surface area contributed by atoms with E-state index in [4.69, 9.17) is 18.6 Å². The first-order chi connectivity index (χ1) is 13.4. The van der Waals surface area contributed by atoms with E-state index in [1.54, 1.807) is 53.7 Å². The van der Waals surface area contributed by atoms with Crippen molar-refractivity contribution in [3.8, 4) is 5.75 Å². The summed E-state index contributed by atoms with van der Waals surface area (Å²) in [7, 11) is 0. The molecule has 1 aromatic heterocycles. The van der Waals surface area contributed by atoms with E-state index in [9.17, 15) is 14.4 Å². The van der Waals surface area contributed by atoms with Crippen LogP contribution in [0.3, 0.4) is 0 Å². The van der Waals surface area contributed by atoms with Gasteiger partial charge in [-0.25, -0.2) is 9.59 Å². The van der Waals surface area contributed by atoms with Gasteiger partial charge in [0.05, 0.1) is 0 Å². The Hall–Kier alpha value is -3.09. The molecule has 0 fully saturated rings. The van der Waals surface area contributed by atoms with Crippen molar-refractivity contribution in [3.05, 3.63) is 63.7 Å². The zero-order chi connectivity index (χ0) is 21.8. The lowest BCUT2D eigenvalue weighted by molar-refractivity contribution is 0.00104. The average molecular weight is 402 g/mol. The minimum absolute atomic E-state index is 0.000824. The molecule has 0 saturated carbocycles. The number of carbonyl (C=O) groups excluding carboxylic acids is 2. The molecule has 7 nitrogen and oxygen atoms in total. The lowest BCUT2D eigenvalue weighted by Gasteiger charge is -2.21. The van der Waals surface area contributed by atoms with E-state index in [-0.39, 0.29) is 12.2 Å². The summed E-state index contributed by atoms with van der Waals surface area (Å²) < 4.78 is 21.4. The zero-order valence-electron chi connectivity index (χ0n) is 17.5. The van der Waals surface area contributed by atoms with Crippen molar-refractivity contribution in [3.63, 3.8) is 0 Å². The molecule has 0 spiro atoms. The van der Waals surface area contributed by atoms with Gasteiger partial charge in [0.2, 0.25) is 11.2 Å². The second-order valence-electron chi connectivity index (χ2n) is 8.41. The van der Waals surface area contributed by atoms with Crippen LogP contribution in [0.2, 0.25) is 0 Å². The number of benzene rings is 1. The molecule has 0 N–H and O–H groups in total. The van der Waals surface area contributed by atoms with Crippen LogP contribution in [-0.4, -0.2) is 23.1 Å². The molecule has 0 bridgehead atoms. The van der Waals surface area contributed by atoms with E-state index in [0.717, 1.165) is 11.8 Å². The number of hydrogen-bond acceptors (Lipinski definition) is 7. The molecule has 0 radical (unpaired) electrons. The smallest absolute Gasteiger partial charge is 0.378 e. The van der Waals surface area contributed by atoms with Crippen LogP contribution in [0.15, 0.2) is 45.8 Å². The molecule has 2 rings (SSSR count). The lowest BCUT2D eigenvalue weighted by atomic mass is 10.1. The molecule has 0 saturated heterocycles. The van der Waals surface area contributed by atoms with Gasteiger partial charge in [0.1, 0.15) is 29.6 Å². The van der Waals surface area contributed by atoms with E-state index in [2.05, 4.69) is 0 Å². The molecule has 0 unspecified atom stereocenters. The van der Waals surface area contributed by atoms with Gasteiger partial charge >= 0.3 is 11.9 Å². The van der Waals surface area contributed by atoms with Gasteiger partial charge < -0.3 is 18.6 Å². The maximum Gasteiger partial charge on any atom is 0.378 e. The molecule has 7 heteroatoms. The van der Waals surface area contributed by atoms with Gasteiger partial charge in [-0.15, -0.1) is 0 Å². The van der Waals surface area contributed by atoms with Gasteiger partial charge in [-0.05, 0) is 47.1 Å². The Kier molecular flexibility index (Phi) is 6.51. The Labute approximate surface area is 169 Å². The molecule has 0 aliphatic rings. The fraction of sp³-hybridized carbons (Fsp3) is 0.409. The summed E-state index contributed by atoms with van der Waals surface area (Å²) in [6.45, 7) is 10.1. The highest BCUT2D eigenvalue weighted by Gasteiger charge is 2.30. The molecule has 0 atom stereocenters. The molecule has 0 amide bonds. The first-order valence-electron chi connectivity index (χ1n) is 9.16. The van der Waals surface area contributed by atoms with Gasteiger partial charge in [-0.2, -0.15) is 0 Å². The molecule has 2 aromatic rings. The number of esters is 2. The van der Waals surface area contributed by atoms with Crippen molar-refractivity contribution in [2.75, 3.05) is 0 Å². The number of ether oxygens (including phenoxy) is 3. The molecule has 1 heterocycles. The minimum atomic E-state index is -0.869. The largest absolute Gasteiger partial charge is 0.481 e. The Morgan fingerprint density at radius 1 is 0.897 bits per heavy atom. The Morgan fingerprint density at radius 2 is 1.45 bits per heavy atom. The highest BCUT2D eigenvalue weighted by Crippen LogP contribution is 2.22. The van der Waals surface area contributed by atoms with Crippen molar-refractivity contribution in [1.82, 2.24) is 0 Å². The SMILES string of the molecule is CC(C)(C)OC(=O)c1occ(C(=O)OC(C)(C)C)c(=O)c1OCc1ccccc1. The summed E-state index contributed by atoms with van der Waals surface area (Å²) in [5.41, 5.74) is -2.02. The van der Waals surface area contributed by atoms with Crippen molar-refractivity contribution >= 4 is 11.9 Å². The van der Waals surface area contributed by atoms with E-state index in [1.165, 1.54) is 0 Å². The van der Waals surface area contributed by atoms with Crippen molar-refractivity contribution in [1.29, 1.82) is 0 Å². The Bertz CT molecular complexity index is 928. The normalized spacial score (nSPS) is 11.7. The van der Waals surface area contributed by atoms with Crippen LogP contribution in [0.25, 0.3) is 0 Å². The summed E-state index contributed by atoms with van der Waals surface area (Å²) in [5.74, 6) is -2.54. The summed E-state index contributed by atoms with van der Waals surface area (Å²) in [4.78, 5) is 37.8. The Morgan fingerprint density at radius 3 is 2.00 bits per heavy atom. The van der Waals surface area contributed by atoms with Gasteiger partial charge in [0.25, 0.3) is 5.76 Å². The molecular formula is C22H26O7. The standard InChI is InChI=1S/C22H26O7/c1-21(2,3)28-19(24)15-13-27-18(20(25)29-22(4,5)6)17(16(15)23)26-12-14-10-8-7-9-11-14/h7-11,13H,12H2,1-6H3. The van der Waals surface area contributed by atoms with Gasteiger partial charge in [0, 0.05) is 0 Å². The van der Waals surface area contributed by atoms with E-state index in [1.807, 2.05) is 18.2 Å². The molecule has 1 aromatic carbocycles. The number of carbonyl (C=O) groups is 2. The van der Waals surface area contributed by atoms with Crippen LogP contribution in [0.5, 0.6) is 5.75 Å². The van der Waals surface area contributed by atoms with Gasteiger partial charge in [-0.3, -0.25) is 4.79 Å². The van der Waals surface area contributed by atoms with Crippen molar-refractivity contribution in [2.24, 2.45) is 0 Å². The van der Waals surface area contributed by atoms with Gasteiger partial charge in [-0.1, -0.05) is 30.3 Å². The second kappa shape index (κ2) is 8.51. The molecule has 0 aliphatic carbocycles. The average Bonchev–Trinajstić information content (AvgIpc) is 2.58. The third-order valence-corrected chi connectivity index (χ3v) is 3.38. The first kappa shape index (κ1) is 22.2. The highest BCUT2D eigenvalue weighted by atomic mass is 16.6. The first-order valence-corrected chi connectivity index (χ1v) is 9.16. The molecule has 29 heavy (non-hydrogen) atoms. The van der Waals surface area contributed by atoms with E-state index < -0.39 is 40.1 Å². The van der Waals surface area contributed by atoms with E-state index in [0.29, 0.717) is 0 Å². The predicted molar refractivity (Wildman–Crippen MR) is 106 cm³/mol. The number of hydrogen-bond donors (Lipinski definition) is 0. The monoisotopic (exact) mass is 402 g/mol. The summed E-state index contributed by atoms with van der Waals surface area (Å²) in [6.07, 6.45) is 0.894. The fourth-order valence-corrected chi connectivity index (χ4v) is 2.25. The topological polar surface area (TPSA) is 92.0 Å². The highest BCUT2D eigenvalue weighted by molar-refractivity contribution is 5.93. The maximum atomic E-state index is 12.9. The summed E-state index contributed by atoms with van der Waals surface area (Å²) in [5, 5.41) is 0. The van der Waals surface area contributed by atoms with Crippen LogP contribution < -0.4 is 10.2 Å². The van der Waals surface area contributed by atoms with Crippen LogP contribution >= 0.6 is 0 Å². The molecule has 156 valence electrons. The summed E-state index contributed by atoms with van der Waals surface area (Å²) in [6, 6.07) is 9.06. The van der Waals surface area contributed by atoms with Gasteiger partial charge in [0.15, 0.2) is 0 Å². The zero-order valence-corrected chi connectivity index (χ0v) is 17.5. The third kappa shape index (κ3) is 6.48. The second-order valence-corrected chi connectivity index (χ2v) is 8.41. The summed E-state index contributed by atoms with van der Waals surface area (Å²) >= 11 is 0. The lowest BCUT2D eigenvalue weighted by Crippen LogP contribution is -2.29. The third-order valence-electron chi connectivity index (χ3n) is 3.38. The predicted octanol–water partition coefficient (Wildman–Crippen LogP) is 4.13. The van der Waals surface area contributed by atoms with Crippen molar-refractivity contribution in [2.45, 2.75) is 59.4 Å². The fourth-order valence-electron chi connectivity index (χ4n) is 2.25. The van der Waals surface area contributed by atoms with Crippen molar-refractivity contribution < 1.29 is 28.2 Å².